The Morgan fingerprint density at radius 2 is 1.86 bits per heavy atom. The van der Waals surface area contributed by atoms with Crippen LogP contribution in [0.1, 0.15) is 11.3 Å². The molecular formula is C16H14N4S. The van der Waals surface area contributed by atoms with Gasteiger partial charge in [0.1, 0.15) is 4.99 Å². The third-order valence-corrected chi connectivity index (χ3v) is 3.50. The lowest BCUT2D eigenvalue weighted by molar-refractivity contribution is 0.926. The van der Waals surface area contributed by atoms with Crippen LogP contribution in [0.3, 0.4) is 0 Å². The molecule has 21 heavy (non-hydrogen) atoms. The first kappa shape index (κ1) is 13.5. The summed E-state index contributed by atoms with van der Waals surface area (Å²) in [5.74, 6) is 0. The first-order valence-electron chi connectivity index (χ1n) is 6.58. The number of nitrogens with one attached hydrogen (secondary N) is 1. The Hall–Kier alpha value is -2.53. The van der Waals surface area contributed by atoms with Crippen LogP contribution in [-0.2, 0) is 6.54 Å². The minimum Gasteiger partial charge on any atom is -0.389 e. The van der Waals surface area contributed by atoms with Gasteiger partial charge in [-0.3, -0.25) is 0 Å². The molecule has 4 nitrogen and oxygen atoms in total. The average Bonchev–Trinajstić information content (AvgIpc) is 2.53. The van der Waals surface area contributed by atoms with E-state index in [1.807, 2.05) is 42.5 Å². The molecule has 0 atom stereocenters. The minimum atomic E-state index is 0.409. The summed E-state index contributed by atoms with van der Waals surface area (Å²) in [6.45, 7) is 0.615. The average molecular weight is 294 g/mol. The highest BCUT2D eigenvalue weighted by Crippen LogP contribution is 2.27. The smallest absolute Gasteiger partial charge is 0.104 e. The number of rotatable bonds is 4. The quantitative estimate of drug-likeness (QED) is 0.724. The Bertz CT molecular complexity index is 787. The SMILES string of the molecule is NC(=S)c1ccc(NCc2cccnn2)c2ccccc12. The Morgan fingerprint density at radius 3 is 2.57 bits per heavy atom. The van der Waals surface area contributed by atoms with Crippen molar-refractivity contribution < 1.29 is 0 Å². The molecule has 1 aromatic heterocycles. The zero-order valence-corrected chi connectivity index (χ0v) is 12.1. The highest BCUT2D eigenvalue weighted by molar-refractivity contribution is 7.80. The first-order valence-corrected chi connectivity index (χ1v) is 6.98. The molecule has 1 heterocycles. The number of hydrogen-bond acceptors (Lipinski definition) is 4. The molecule has 0 aliphatic rings. The van der Waals surface area contributed by atoms with E-state index in [9.17, 15) is 0 Å². The molecule has 2 aromatic carbocycles. The van der Waals surface area contributed by atoms with E-state index in [4.69, 9.17) is 18.0 Å². The summed E-state index contributed by atoms with van der Waals surface area (Å²) < 4.78 is 0. The molecular weight excluding hydrogens is 280 g/mol. The van der Waals surface area contributed by atoms with Gasteiger partial charge in [-0.05, 0) is 29.7 Å². The van der Waals surface area contributed by atoms with Gasteiger partial charge in [0.05, 0.1) is 12.2 Å². The van der Waals surface area contributed by atoms with E-state index < -0.39 is 0 Å². The van der Waals surface area contributed by atoms with E-state index in [1.165, 1.54) is 0 Å². The lowest BCUT2D eigenvalue weighted by Crippen LogP contribution is -2.10. The van der Waals surface area contributed by atoms with Crippen LogP contribution in [0.15, 0.2) is 54.7 Å². The molecule has 0 radical (unpaired) electrons. The molecule has 0 saturated heterocycles. The summed E-state index contributed by atoms with van der Waals surface area (Å²) in [6.07, 6.45) is 1.66. The van der Waals surface area contributed by atoms with Gasteiger partial charge < -0.3 is 11.1 Å². The van der Waals surface area contributed by atoms with Crippen LogP contribution in [0.2, 0.25) is 0 Å². The maximum absolute atomic E-state index is 5.79. The van der Waals surface area contributed by atoms with Crippen LogP contribution in [0.4, 0.5) is 5.69 Å². The number of hydrogen-bond donors (Lipinski definition) is 2. The van der Waals surface area contributed by atoms with Crippen molar-refractivity contribution in [1.82, 2.24) is 10.2 Å². The predicted octanol–water partition coefficient (Wildman–Crippen LogP) is 2.88. The number of thiocarbonyl (C=S) groups is 1. The summed E-state index contributed by atoms with van der Waals surface area (Å²) >= 11 is 5.11. The second-order valence-corrected chi connectivity index (χ2v) is 5.08. The van der Waals surface area contributed by atoms with Gasteiger partial charge in [-0.2, -0.15) is 10.2 Å². The van der Waals surface area contributed by atoms with Crippen molar-refractivity contribution in [2.24, 2.45) is 5.73 Å². The number of fused-ring (bicyclic) bond motifs is 1. The van der Waals surface area contributed by atoms with Crippen LogP contribution < -0.4 is 11.1 Å². The first-order chi connectivity index (χ1) is 10.3. The number of nitrogens with zero attached hydrogens (tertiary/aromatic N) is 2. The third kappa shape index (κ3) is 2.83. The third-order valence-electron chi connectivity index (χ3n) is 3.28. The molecule has 0 fully saturated rings. The predicted molar refractivity (Wildman–Crippen MR) is 89.2 cm³/mol. The zero-order chi connectivity index (χ0) is 14.7. The maximum Gasteiger partial charge on any atom is 0.104 e. The second kappa shape index (κ2) is 5.85. The highest BCUT2D eigenvalue weighted by Gasteiger charge is 2.07. The number of anilines is 1. The molecule has 0 bridgehead atoms. The highest BCUT2D eigenvalue weighted by atomic mass is 32.1. The normalized spacial score (nSPS) is 10.5. The molecule has 0 aliphatic carbocycles. The fourth-order valence-corrected chi connectivity index (χ4v) is 2.46. The van der Waals surface area contributed by atoms with E-state index in [0.717, 1.165) is 27.7 Å². The van der Waals surface area contributed by atoms with Gasteiger partial charge in [0.25, 0.3) is 0 Å². The van der Waals surface area contributed by atoms with E-state index in [-0.39, 0.29) is 0 Å². The van der Waals surface area contributed by atoms with Gasteiger partial charge in [-0.15, -0.1) is 0 Å². The van der Waals surface area contributed by atoms with E-state index in [1.54, 1.807) is 6.20 Å². The van der Waals surface area contributed by atoms with Gasteiger partial charge in [0.15, 0.2) is 0 Å². The van der Waals surface area contributed by atoms with Crippen LogP contribution in [0.5, 0.6) is 0 Å². The minimum absolute atomic E-state index is 0.409. The topological polar surface area (TPSA) is 63.8 Å². The molecule has 104 valence electrons. The Kier molecular flexibility index (Phi) is 3.75. The van der Waals surface area contributed by atoms with Crippen molar-refractivity contribution in [2.45, 2.75) is 6.54 Å². The molecule has 0 spiro atoms. The van der Waals surface area contributed by atoms with Gasteiger partial charge in [-0.25, -0.2) is 0 Å². The number of nitrogens with two attached hydrogens (primary N) is 1. The lowest BCUT2D eigenvalue weighted by Gasteiger charge is -2.12. The summed E-state index contributed by atoms with van der Waals surface area (Å²) in [5.41, 5.74) is 8.60. The van der Waals surface area contributed by atoms with Crippen LogP contribution >= 0.6 is 12.2 Å². The fraction of sp³-hybridized carbons (Fsp3) is 0.0625. The van der Waals surface area contributed by atoms with E-state index >= 15 is 0 Å². The number of benzene rings is 2. The van der Waals surface area contributed by atoms with Crippen molar-refractivity contribution in [3.8, 4) is 0 Å². The lowest BCUT2D eigenvalue weighted by atomic mass is 10.0. The van der Waals surface area contributed by atoms with Gasteiger partial charge in [0, 0.05) is 22.8 Å². The molecule has 0 amide bonds. The van der Waals surface area contributed by atoms with Crippen molar-refractivity contribution >= 4 is 33.7 Å². The van der Waals surface area contributed by atoms with Crippen molar-refractivity contribution in [3.05, 3.63) is 66.0 Å². The molecule has 0 unspecified atom stereocenters. The summed E-state index contributed by atoms with van der Waals surface area (Å²) in [6, 6.07) is 15.8. The van der Waals surface area contributed by atoms with Crippen molar-refractivity contribution in [1.29, 1.82) is 0 Å². The molecule has 0 saturated carbocycles. The molecule has 5 heteroatoms. The van der Waals surface area contributed by atoms with Crippen LogP contribution in [0, 0.1) is 0 Å². The van der Waals surface area contributed by atoms with Gasteiger partial charge in [0.2, 0.25) is 0 Å². The maximum atomic E-state index is 5.79. The standard InChI is InChI=1S/C16H14N4S/c17-16(21)14-7-8-15(13-6-2-1-5-12(13)14)18-10-11-4-3-9-19-20-11/h1-9,18H,10H2,(H2,17,21). The monoisotopic (exact) mass is 294 g/mol. The van der Waals surface area contributed by atoms with Crippen molar-refractivity contribution in [2.75, 3.05) is 5.32 Å². The summed E-state index contributed by atoms with van der Waals surface area (Å²) in [7, 11) is 0. The summed E-state index contributed by atoms with van der Waals surface area (Å²) in [5, 5.41) is 13.5. The van der Waals surface area contributed by atoms with Crippen LogP contribution in [0.25, 0.3) is 10.8 Å². The zero-order valence-electron chi connectivity index (χ0n) is 11.3. The number of aromatic nitrogens is 2. The molecule has 3 rings (SSSR count). The van der Waals surface area contributed by atoms with E-state index in [2.05, 4.69) is 21.6 Å². The Morgan fingerprint density at radius 1 is 1.05 bits per heavy atom. The van der Waals surface area contributed by atoms with E-state index in [0.29, 0.717) is 11.5 Å². The fourth-order valence-electron chi connectivity index (χ4n) is 2.28. The summed E-state index contributed by atoms with van der Waals surface area (Å²) in [4.78, 5) is 0.409. The van der Waals surface area contributed by atoms with Gasteiger partial charge >= 0.3 is 0 Å². The van der Waals surface area contributed by atoms with Crippen LogP contribution in [-0.4, -0.2) is 15.2 Å². The molecule has 0 aliphatic heterocycles. The largest absolute Gasteiger partial charge is 0.389 e. The van der Waals surface area contributed by atoms with Gasteiger partial charge in [-0.1, -0.05) is 36.5 Å². The van der Waals surface area contributed by atoms with Crippen molar-refractivity contribution in [3.63, 3.8) is 0 Å². The Balaban J connectivity index is 1.96. The Labute approximate surface area is 128 Å². The molecule has 3 N–H and O–H groups in total. The molecule has 3 aromatic rings. The second-order valence-electron chi connectivity index (χ2n) is 4.64.